The smallest absolute Gasteiger partial charge is 0.255 e. The van der Waals surface area contributed by atoms with Gasteiger partial charge in [0.1, 0.15) is 0 Å². The van der Waals surface area contributed by atoms with Crippen molar-refractivity contribution in [2.45, 2.75) is 19.4 Å². The molecule has 0 radical (unpaired) electrons. The van der Waals surface area contributed by atoms with E-state index in [0.717, 1.165) is 0 Å². The van der Waals surface area contributed by atoms with Crippen molar-refractivity contribution in [1.29, 1.82) is 0 Å². The molecule has 82 valence electrons. The Bertz CT molecular complexity index is 335. The van der Waals surface area contributed by atoms with Gasteiger partial charge >= 0.3 is 0 Å². The largest absolute Gasteiger partial charge is 0.335 e. The van der Waals surface area contributed by atoms with E-state index < -0.39 is 0 Å². The van der Waals surface area contributed by atoms with Crippen molar-refractivity contribution in [1.82, 2.24) is 9.88 Å². The number of nitrogens with zero attached hydrogens (tertiary/aromatic N) is 2. The standard InChI is InChI=1S/C11H17N3O/c1-11(2,8-12)14(3)10(15)9-5-4-6-13-7-9/h4-7H,8,12H2,1-3H3. The van der Waals surface area contributed by atoms with Crippen LogP contribution >= 0.6 is 0 Å². The van der Waals surface area contributed by atoms with E-state index in [9.17, 15) is 4.79 Å². The number of hydrogen-bond donors (Lipinski definition) is 1. The fourth-order valence-corrected chi connectivity index (χ4v) is 1.09. The molecule has 1 heterocycles. The molecule has 1 amide bonds. The zero-order chi connectivity index (χ0) is 11.5. The summed E-state index contributed by atoms with van der Waals surface area (Å²) in [7, 11) is 1.75. The highest BCUT2D eigenvalue weighted by atomic mass is 16.2. The van der Waals surface area contributed by atoms with Crippen LogP contribution in [0.2, 0.25) is 0 Å². The second-order valence-corrected chi connectivity index (χ2v) is 4.12. The minimum atomic E-state index is -0.340. The first-order valence-electron chi connectivity index (χ1n) is 4.87. The molecule has 0 saturated heterocycles. The van der Waals surface area contributed by atoms with Crippen LogP contribution in [-0.2, 0) is 0 Å². The quantitative estimate of drug-likeness (QED) is 0.800. The lowest BCUT2D eigenvalue weighted by molar-refractivity contribution is 0.0640. The zero-order valence-electron chi connectivity index (χ0n) is 9.40. The molecule has 0 fully saturated rings. The lowest BCUT2D eigenvalue weighted by Gasteiger charge is -2.34. The van der Waals surface area contributed by atoms with E-state index in [1.807, 2.05) is 13.8 Å². The van der Waals surface area contributed by atoms with Crippen LogP contribution in [0.5, 0.6) is 0 Å². The molecule has 0 aromatic carbocycles. The number of amides is 1. The van der Waals surface area contributed by atoms with Crippen LogP contribution < -0.4 is 5.73 Å². The minimum Gasteiger partial charge on any atom is -0.335 e. The maximum Gasteiger partial charge on any atom is 0.255 e. The van der Waals surface area contributed by atoms with E-state index in [1.54, 1.807) is 36.5 Å². The van der Waals surface area contributed by atoms with Gasteiger partial charge in [0.2, 0.25) is 0 Å². The molecule has 1 rings (SSSR count). The predicted molar refractivity (Wildman–Crippen MR) is 59.5 cm³/mol. The van der Waals surface area contributed by atoms with Gasteiger partial charge in [0, 0.05) is 31.5 Å². The van der Waals surface area contributed by atoms with Gasteiger partial charge in [0.25, 0.3) is 5.91 Å². The third-order valence-electron chi connectivity index (χ3n) is 2.62. The van der Waals surface area contributed by atoms with Crippen LogP contribution in [0.4, 0.5) is 0 Å². The second kappa shape index (κ2) is 4.40. The van der Waals surface area contributed by atoms with Gasteiger partial charge in [-0.05, 0) is 26.0 Å². The maximum atomic E-state index is 12.0. The van der Waals surface area contributed by atoms with Crippen LogP contribution in [0.25, 0.3) is 0 Å². The number of hydrogen-bond acceptors (Lipinski definition) is 3. The van der Waals surface area contributed by atoms with Crippen LogP contribution in [0.15, 0.2) is 24.5 Å². The van der Waals surface area contributed by atoms with Gasteiger partial charge in [0.05, 0.1) is 5.56 Å². The van der Waals surface area contributed by atoms with Gasteiger partial charge in [-0.25, -0.2) is 0 Å². The Morgan fingerprint density at radius 3 is 2.73 bits per heavy atom. The van der Waals surface area contributed by atoms with Gasteiger partial charge < -0.3 is 10.6 Å². The summed E-state index contributed by atoms with van der Waals surface area (Å²) < 4.78 is 0. The van der Waals surface area contributed by atoms with Crippen LogP contribution in [-0.4, -0.2) is 34.9 Å². The highest BCUT2D eigenvalue weighted by Crippen LogP contribution is 2.13. The van der Waals surface area contributed by atoms with E-state index >= 15 is 0 Å². The van der Waals surface area contributed by atoms with Crippen molar-refractivity contribution in [2.75, 3.05) is 13.6 Å². The van der Waals surface area contributed by atoms with Crippen LogP contribution in [0, 0.1) is 0 Å². The fraction of sp³-hybridized carbons (Fsp3) is 0.455. The number of carbonyl (C=O) groups is 1. The van der Waals surface area contributed by atoms with Crippen LogP contribution in [0.3, 0.4) is 0 Å². The Labute approximate surface area is 90.1 Å². The van der Waals surface area contributed by atoms with Crippen LogP contribution in [0.1, 0.15) is 24.2 Å². The van der Waals surface area contributed by atoms with Gasteiger partial charge in [-0.15, -0.1) is 0 Å². The first kappa shape index (κ1) is 11.7. The number of rotatable bonds is 3. The minimum absolute atomic E-state index is 0.0569. The number of carbonyl (C=O) groups excluding carboxylic acids is 1. The average Bonchev–Trinajstić information content (AvgIpc) is 2.28. The summed E-state index contributed by atoms with van der Waals surface area (Å²) in [5.74, 6) is -0.0569. The molecule has 0 aliphatic heterocycles. The molecule has 4 heteroatoms. The monoisotopic (exact) mass is 207 g/mol. The third kappa shape index (κ3) is 2.53. The molecule has 0 unspecified atom stereocenters. The average molecular weight is 207 g/mol. The maximum absolute atomic E-state index is 12.0. The molecule has 0 aliphatic rings. The highest BCUT2D eigenvalue weighted by molar-refractivity contribution is 5.94. The molecule has 0 saturated carbocycles. The molecule has 0 bridgehead atoms. The summed E-state index contributed by atoms with van der Waals surface area (Å²) in [6.45, 7) is 4.29. The van der Waals surface area contributed by atoms with Gasteiger partial charge in [-0.1, -0.05) is 0 Å². The summed E-state index contributed by atoms with van der Waals surface area (Å²) in [5, 5.41) is 0. The third-order valence-corrected chi connectivity index (χ3v) is 2.62. The number of nitrogens with two attached hydrogens (primary N) is 1. The number of pyridine rings is 1. The molecule has 0 aliphatic carbocycles. The Hall–Kier alpha value is -1.42. The molecule has 0 spiro atoms. The topological polar surface area (TPSA) is 59.2 Å². The molecular formula is C11H17N3O. The highest BCUT2D eigenvalue weighted by Gasteiger charge is 2.26. The molecule has 4 nitrogen and oxygen atoms in total. The lowest BCUT2D eigenvalue weighted by Crippen LogP contribution is -2.50. The van der Waals surface area contributed by atoms with E-state index in [-0.39, 0.29) is 11.4 Å². The van der Waals surface area contributed by atoms with Crippen molar-refractivity contribution in [2.24, 2.45) is 5.73 Å². The van der Waals surface area contributed by atoms with Crippen molar-refractivity contribution in [3.05, 3.63) is 30.1 Å². The molecular weight excluding hydrogens is 190 g/mol. The molecule has 0 atom stereocenters. The summed E-state index contributed by atoms with van der Waals surface area (Å²) in [5.41, 5.74) is 5.86. The van der Waals surface area contributed by atoms with E-state index in [0.29, 0.717) is 12.1 Å². The second-order valence-electron chi connectivity index (χ2n) is 4.12. The Balaban J connectivity index is 2.87. The molecule has 1 aromatic heterocycles. The van der Waals surface area contributed by atoms with E-state index in [1.165, 1.54) is 0 Å². The zero-order valence-corrected chi connectivity index (χ0v) is 9.40. The van der Waals surface area contributed by atoms with Crippen molar-refractivity contribution in [3.63, 3.8) is 0 Å². The summed E-state index contributed by atoms with van der Waals surface area (Å²) in [6.07, 6.45) is 3.20. The first-order chi connectivity index (χ1) is 6.99. The van der Waals surface area contributed by atoms with E-state index in [2.05, 4.69) is 4.98 Å². The molecule has 1 aromatic rings. The summed E-state index contributed by atoms with van der Waals surface area (Å²) in [4.78, 5) is 17.5. The summed E-state index contributed by atoms with van der Waals surface area (Å²) >= 11 is 0. The fourth-order valence-electron chi connectivity index (χ4n) is 1.09. The summed E-state index contributed by atoms with van der Waals surface area (Å²) in [6, 6.07) is 3.49. The first-order valence-corrected chi connectivity index (χ1v) is 4.87. The Morgan fingerprint density at radius 1 is 1.60 bits per heavy atom. The number of likely N-dealkylation sites (N-methyl/N-ethyl adjacent to an activating group) is 1. The predicted octanol–water partition coefficient (Wildman–Crippen LogP) is 0.891. The SMILES string of the molecule is CN(C(=O)c1cccnc1)C(C)(C)CN. The van der Waals surface area contributed by atoms with Crippen molar-refractivity contribution in [3.8, 4) is 0 Å². The lowest BCUT2D eigenvalue weighted by atomic mass is 10.0. The number of aromatic nitrogens is 1. The van der Waals surface area contributed by atoms with Crippen molar-refractivity contribution >= 4 is 5.91 Å². The Kier molecular flexibility index (Phi) is 3.42. The normalized spacial score (nSPS) is 11.2. The van der Waals surface area contributed by atoms with Gasteiger partial charge in [-0.2, -0.15) is 0 Å². The van der Waals surface area contributed by atoms with Gasteiger partial charge in [0.15, 0.2) is 0 Å². The molecule has 15 heavy (non-hydrogen) atoms. The molecule has 2 N–H and O–H groups in total. The van der Waals surface area contributed by atoms with Gasteiger partial charge in [-0.3, -0.25) is 9.78 Å². The van der Waals surface area contributed by atoms with Crippen molar-refractivity contribution < 1.29 is 4.79 Å². The Morgan fingerprint density at radius 2 is 2.27 bits per heavy atom. The van der Waals surface area contributed by atoms with E-state index in [4.69, 9.17) is 5.73 Å².